The van der Waals surface area contributed by atoms with Gasteiger partial charge in [0.1, 0.15) is 94.2 Å². The molecule has 0 radical (unpaired) electrons. The first-order valence-electron chi connectivity index (χ1n) is 42.3. The van der Waals surface area contributed by atoms with Gasteiger partial charge in [0.25, 0.3) is 0 Å². The van der Waals surface area contributed by atoms with Crippen molar-refractivity contribution in [3.63, 3.8) is 0 Å². The van der Waals surface area contributed by atoms with E-state index in [1.54, 1.807) is 32.6 Å². The SMILES string of the molecule is CC(=O)N[C@H]1[C@H]2OC[C@](COCCOCCOCCOCCn3cc(COCC(COCc4cn(CCOCCOCCOCCOC[C@@]56CO[C@@H](O5)[C@H](NC(C)=O)[C@@H](O)[C@H]6O)nn4)(COCc4cn(CCOCCOCCOCCOC[C@@]56CO[C@@H](O5)[C@H](NC(C)=O)[C@@H](O)[C@H]6O)nn4)NC(=O)CCCCCNC(=O)CCCCCN=[N+]=[N-])nn3)(O2)[C@H](O)[C@@H]1O. The molecule has 49 heteroatoms. The van der Waals surface area contributed by atoms with Crippen LogP contribution in [0.15, 0.2) is 23.7 Å². The van der Waals surface area contributed by atoms with Gasteiger partial charge in [0.15, 0.2) is 18.9 Å². The number of ether oxygens (including phenoxy) is 21. The summed E-state index contributed by atoms with van der Waals surface area (Å²) in [6, 6.07) is -2.74. The number of carbonyl (C=O) groups excluding carboxylic acids is 5. The summed E-state index contributed by atoms with van der Waals surface area (Å²) in [5, 5.41) is 107. The molecule has 11 N–H and O–H groups in total. The highest BCUT2D eigenvalue weighted by atomic mass is 16.8. The summed E-state index contributed by atoms with van der Waals surface area (Å²) in [5.74, 6) is -1.57. The Morgan fingerprint density at radius 2 is 0.736 bits per heavy atom. The van der Waals surface area contributed by atoms with Gasteiger partial charge in [-0.2, -0.15) is 0 Å². The first kappa shape index (κ1) is 102. The average molecular weight is 1790 g/mol. The Kier molecular flexibility index (Phi) is 44.9. The van der Waals surface area contributed by atoms with Crippen molar-refractivity contribution in [1.29, 1.82) is 0 Å². The molecule has 6 saturated heterocycles. The molecule has 0 aliphatic carbocycles. The quantitative estimate of drug-likeness (QED) is 0.0109. The van der Waals surface area contributed by atoms with Gasteiger partial charge in [0, 0.05) is 51.6 Å². The van der Waals surface area contributed by atoms with Gasteiger partial charge < -0.3 is 157 Å². The number of hydrogen-bond acceptors (Lipinski definition) is 39. The van der Waals surface area contributed by atoms with Crippen molar-refractivity contribution >= 4 is 29.5 Å². The Balaban J connectivity index is 0.699. The van der Waals surface area contributed by atoms with Crippen LogP contribution in [-0.2, 0) is 163 Å². The Morgan fingerprint density at radius 1 is 0.432 bits per heavy atom. The van der Waals surface area contributed by atoms with Gasteiger partial charge in [-0.1, -0.05) is 33.6 Å². The van der Waals surface area contributed by atoms with Crippen molar-refractivity contribution in [2.75, 3.05) is 211 Å². The maximum atomic E-state index is 14.2. The molecule has 0 unspecified atom stereocenters. The van der Waals surface area contributed by atoms with E-state index in [4.69, 9.17) is 105 Å². The zero-order valence-electron chi connectivity index (χ0n) is 71.4. The van der Waals surface area contributed by atoms with Crippen LogP contribution in [0, 0.1) is 0 Å². The van der Waals surface area contributed by atoms with Gasteiger partial charge in [-0.15, -0.1) is 15.3 Å². The van der Waals surface area contributed by atoms with Crippen molar-refractivity contribution in [2.45, 2.75) is 208 Å². The van der Waals surface area contributed by atoms with E-state index in [1.807, 2.05) is 0 Å². The molecule has 0 aromatic carbocycles. The highest BCUT2D eigenvalue weighted by molar-refractivity contribution is 5.77. The molecule has 9 rings (SSSR count). The third kappa shape index (κ3) is 34.1. The number of aliphatic hydroxyl groups is 6. The number of aromatic nitrogens is 9. The summed E-state index contributed by atoms with van der Waals surface area (Å²) in [5.41, 5.74) is 4.83. The highest BCUT2D eigenvalue weighted by Crippen LogP contribution is 2.40. The lowest BCUT2D eigenvalue weighted by atomic mass is 9.88. The summed E-state index contributed by atoms with van der Waals surface area (Å²) in [4.78, 5) is 64.2. The summed E-state index contributed by atoms with van der Waals surface area (Å²) < 4.78 is 127. The van der Waals surface area contributed by atoms with Gasteiger partial charge in [-0.05, 0) is 31.2 Å². The number of amides is 5. The molecule has 6 aliphatic rings. The number of fused-ring (bicyclic) bond motifs is 6. The minimum Gasteiger partial charge on any atom is -0.388 e. The maximum Gasteiger partial charge on any atom is 0.220 e. The summed E-state index contributed by atoms with van der Waals surface area (Å²) in [7, 11) is 0. The molecular formula is C76H127N17O32. The van der Waals surface area contributed by atoms with Gasteiger partial charge in [0.2, 0.25) is 29.5 Å². The van der Waals surface area contributed by atoms with Gasteiger partial charge in [-0.25, -0.2) is 14.0 Å². The second-order valence-corrected chi connectivity index (χ2v) is 30.9. The minimum atomic E-state index is -1.35. The molecule has 15 atom stereocenters. The standard InChI is InChI=1S/C76H127N17O32/c1-53(94)80-61-64(99)67(102)74(50-120-70(61)123-74)47-114-35-32-111-29-26-108-23-20-105-17-14-91-38-56(84-88-91)41-117-44-73(83-60(98)11-7-4-8-12-78-59(97)10-6-5-9-13-79-87-77,45-118-42-57-39-92(89-85-57)15-18-106-21-24-109-27-30-112-33-36-115-48-75-51-121-71(124-75)62(81-54(2)95)65(100)68(75)103)46-119-43-58-40-93(90-86-58)16-19-107-22-25-110-28-31-113-34-37-116-49-76-52-122-72(125-76)63(82-55(3)96)66(101)69(76)104/h38-40,61-72,99-104H,4-37,41-52H2,1-3H3,(H,78,97)(H,80,94)(H,81,95)(H,82,96)(H,83,98)/t61-,62-,63-,64-,65-,66-,67-,68-,69-,70+,71+,72+,74+,75+,76+/m1/s1. The fourth-order valence-corrected chi connectivity index (χ4v) is 14.2. The largest absolute Gasteiger partial charge is 0.388 e. The van der Waals surface area contributed by atoms with E-state index < -0.39 is 114 Å². The fraction of sp³-hybridized carbons (Fsp3) is 0.855. The van der Waals surface area contributed by atoms with Gasteiger partial charge in [-0.3, -0.25) is 24.0 Å². The van der Waals surface area contributed by atoms with Gasteiger partial charge >= 0.3 is 0 Å². The number of nitrogens with one attached hydrogen (secondary N) is 5. The number of azide groups is 1. The van der Waals surface area contributed by atoms with Crippen LogP contribution in [0.5, 0.6) is 0 Å². The van der Waals surface area contributed by atoms with E-state index in [0.717, 1.165) is 6.42 Å². The molecule has 0 spiro atoms. The molecule has 6 fully saturated rings. The van der Waals surface area contributed by atoms with Crippen LogP contribution in [0.4, 0.5) is 0 Å². The van der Waals surface area contributed by atoms with E-state index in [1.165, 1.54) is 20.8 Å². The van der Waals surface area contributed by atoms with Crippen molar-refractivity contribution in [3.05, 3.63) is 46.1 Å². The lowest BCUT2D eigenvalue weighted by Gasteiger charge is -2.42. The fourth-order valence-electron chi connectivity index (χ4n) is 14.2. The normalized spacial score (nSPS) is 25.5. The molecule has 3 aromatic rings. The van der Waals surface area contributed by atoms with Crippen LogP contribution < -0.4 is 26.6 Å². The van der Waals surface area contributed by atoms with Crippen LogP contribution in [0.3, 0.4) is 0 Å². The zero-order chi connectivity index (χ0) is 89.0. The van der Waals surface area contributed by atoms with Crippen LogP contribution in [-0.4, -0.2) is 412 Å². The molecule has 5 amide bonds. The number of nitrogens with zero attached hydrogens (tertiary/aromatic N) is 12. The predicted octanol–water partition coefficient (Wildman–Crippen LogP) is -4.93. The Morgan fingerprint density at radius 3 is 1.06 bits per heavy atom. The number of rotatable bonds is 70. The van der Waals surface area contributed by atoms with Crippen LogP contribution >= 0.6 is 0 Å². The first-order valence-corrected chi connectivity index (χ1v) is 42.3. The molecule has 9 heterocycles. The molecule has 6 aliphatic heterocycles. The second kappa shape index (κ2) is 55.1. The topological polar surface area (TPSA) is 602 Å². The first-order chi connectivity index (χ1) is 60.6. The van der Waals surface area contributed by atoms with E-state index in [0.29, 0.717) is 168 Å². The van der Waals surface area contributed by atoms with E-state index >= 15 is 0 Å². The van der Waals surface area contributed by atoms with E-state index in [2.05, 4.69) is 67.5 Å². The van der Waals surface area contributed by atoms with Crippen molar-refractivity contribution in [2.24, 2.45) is 5.11 Å². The summed E-state index contributed by atoms with van der Waals surface area (Å²) in [6.07, 6.45) is -1.17. The van der Waals surface area contributed by atoms with Crippen LogP contribution in [0.1, 0.15) is 89.2 Å². The molecular weight excluding hydrogens is 1660 g/mol. The minimum absolute atomic E-state index is 0.0188. The molecule has 3 aromatic heterocycles. The Hall–Kier alpha value is -7.00. The number of carbonyl (C=O) groups is 5. The third-order valence-electron chi connectivity index (χ3n) is 20.7. The number of hydrogen-bond donors (Lipinski definition) is 11. The summed E-state index contributed by atoms with van der Waals surface area (Å²) >= 11 is 0. The van der Waals surface area contributed by atoms with Crippen molar-refractivity contribution < 1.29 is 154 Å². The molecule has 125 heavy (non-hydrogen) atoms. The van der Waals surface area contributed by atoms with Crippen molar-refractivity contribution in [1.82, 2.24) is 71.6 Å². The lowest BCUT2D eigenvalue weighted by Crippen LogP contribution is -2.66. The number of aliphatic hydroxyl groups excluding tert-OH is 6. The highest BCUT2D eigenvalue weighted by Gasteiger charge is 2.62. The van der Waals surface area contributed by atoms with Crippen LogP contribution in [0.25, 0.3) is 10.4 Å². The third-order valence-corrected chi connectivity index (χ3v) is 20.7. The summed E-state index contributed by atoms with van der Waals surface area (Å²) in [6.45, 7) is 10.7. The zero-order valence-corrected chi connectivity index (χ0v) is 71.4. The lowest BCUT2D eigenvalue weighted by molar-refractivity contribution is -0.238. The van der Waals surface area contributed by atoms with Crippen LogP contribution in [0.2, 0.25) is 0 Å². The number of unbranched alkanes of at least 4 members (excludes halogenated alkanes) is 4. The van der Waals surface area contributed by atoms with E-state index in [9.17, 15) is 54.6 Å². The average Bonchev–Trinajstić information content (AvgIpc) is 1.62. The molecule has 49 nitrogen and oxygen atoms in total. The molecule has 0 saturated carbocycles. The van der Waals surface area contributed by atoms with Crippen molar-refractivity contribution in [3.8, 4) is 0 Å². The maximum absolute atomic E-state index is 14.2. The van der Waals surface area contributed by atoms with Gasteiger partial charge in [0.05, 0.1) is 256 Å². The second-order valence-electron chi connectivity index (χ2n) is 30.9. The molecule has 6 bridgehead atoms. The predicted molar refractivity (Wildman–Crippen MR) is 423 cm³/mol. The smallest absolute Gasteiger partial charge is 0.220 e. The monoisotopic (exact) mass is 1790 g/mol. The van der Waals surface area contributed by atoms with E-state index in [-0.39, 0.29) is 157 Å². The Bertz CT molecular complexity index is 3340. The Labute approximate surface area is 722 Å². The molecule has 708 valence electrons.